The van der Waals surface area contributed by atoms with Gasteiger partial charge in [-0.15, -0.1) is 0 Å². The number of ether oxygens (including phenoxy) is 1. The third-order valence-electron chi connectivity index (χ3n) is 5.09. The summed E-state index contributed by atoms with van der Waals surface area (Å²) in [6.45, 7) is 0.282. The average Bonchev–Trinajstić information content (AvgIpc) is 3.17. The minimum Gasteiger partial charge on any atom is -0.486 e. The van der Waals surface area contributed by atoms with Gasteiger partial charge in [-0.1, -0.05) is 30.3 Å². The first kappa shape index (κ1) is 17.6. The molecule has 3 aromatic rings. The van der Waals surface area contributed by atoms with Gasteiger partial charge in [0.05, 0.1) is 0 Å². The van der Waals surface area contributed by atoms with E-state index in [1.165, 1.54) is 5.39 Å². The lowest BCUT2D eigenvalue weighted by atomic mass is 9.92. The van der Waals surface area contributed by atoms with Crippen LogP contribution in [0.1, 0.15) is 42.0 Å². The minimum absolute atomic E-state index is 0.174. The van der Waals surface area contributed by atoms with Gasteiger partial charge < -0.3 is 20.2 Å². The van der Waals surface area contributed by atoms with Gasteiger partial charge in [0.1, 0.15) is 18.1 Å². The van der Waals surface area contributed by atoms with Crippen molar-refractivity contribution in [2.75, 3.05) is 0 Å². The van der Waals surface area contributed by atoms with Gasteiger partial charge in [-0.25, -0.2) is 0 Å². The maximum atomic E-state index is 12.4. The van der Waals surface area contributed by atoms with Crippen LogP contribution in [-0.2, 0) is 6.61 Å². The first-order chi connectivity index (χ1) is 13.2. The van der Waals surface area contributed by atoms with E-state index < -0.39 is 0 Å². The number of carbonyl (C=O) groups is 1. The van der Waals surface area contributed by atoms with Crippen molar-refractivity contribution in [1.82, 2.24) is 5.32 Å². The molecule has 1 aliphatic carbocycles. The molecule has 0 saturated heterocycles. The molecule has 1 heterocycles. The van der Waals surface area contributed by atoms with Crippen molar-refractivity contribution in [2.24, 2.45) is 5.73 Å². The second-order valence-electron chi connectivity index (χ2n) is 7.15. The fraction of sp³-hybridized carbons (Fsp3) is 0.318. The molecule has 140 valence electrons. The molecule has 4 rings (SSSR count). The van der Waals surface area contributed by atoms with Gasteiger partial charge in [-0.3, -0.25) is 4.79 Å². The molecule has 0 aliphatic heterocycles. The Hall–Kier alpha value is -2.79. The Bertz CT molecular complexity index is 926. The van der Waals surface area contributed by atoms with E-state index in [1.54, 1.807) is 12.1 Å². The van der Waals surface area contributed by atoms with Crippen LogP contribution in [0.5, 0.6) is 5.75 Å². The molecule has 1 aromatic heterocycles. The molecule has 27 heavy (non-hydrogen) atoms. The highest BCUT2D eigenvalue weighted by atomic mass is 16.5. The van der Waals surface area contributed by atoms with Crippen LogP contribution in [0.15, 0.2) is 59.0 Å². The number of amides is 1. The Morgan fingerprint density at radius 3 is 2.63 bits per heavy atom. The van der Waals surface area contributed by atoms with Crippen LogP contribution in [0, 0.1) is 0 Å². The summed E-state index contributed by atoms with van der Waals surface area (Å²) in [6, 6.07) is 18.0. The fourth-order valence-corrected chi connectivity index (χ4v) is 3.51. The smallest absolute Gasteiger partial charge is 0.287 e. The normalized spacial score (nSPS) is 19.7. The lowest BCUT2D eigenvalue weighted by Gasteiger charge is -2.26. The number of fused-ring (bicyclic) bond motifs is 1. The zero-order valence-corrected chi connectivity index (χ0v) is 15.2. The molecule has 5 heteroatoms. The lowest BCUT2D eigenvalue weighted by Crippen LogP contribution is -2.40. The van der Waals surface area contributed by atoms with Gasteiger partial charge in [0, 0.05) is 12.1 Å². The summed E-state index contributed by atoms with van der Waals surface area (Å²) in [6.07, 6.45) is 3.75. The predicted octanol–water partition coefficient (Wildman–Crippen LogP) is 4.01. The number of carbonyl (C=O) groups excluding carboxylic acids is 1. The molecule has 0 unspecified atom stereocenters. The van der Waals surface area contributed by atoms with Crippen molar-refractivity contribution in [1.29, 1.82) is 0 Å². The minimum atomic E-state index is -0.174. The van der Waals surface area contributed by atoms with Gasteiger partial charge in [0.25, 0.3) is 5.91 Å². The molecule has 3 N–H and O–H groups in total. The first-order valence-corrected chi connectivity index (χ1v) is 9.44. The monoisotopic (exact) mass is 364 g/mol. The molecule has 0 radical (unpaired) electrons. The van der Waals surface area contributed by atoms with Gasteiger partial charge in [0.15, 0.2) is 5.76 Å². The third kappa shape index (κ3) is 4.31. The number of benzene rings is 2. The van der Waals surface area contributed by atoms with E-state index in [0.717, 1.165) is 36.8 Å². The Morgan fingerprint density at radius 1 is 1.04 bits per heavy atom. The van der Waals surface area contributed by atoms with E-state index >= 15 is 0 Å². The third-order valence-corrected chi connectivity index (χ3v) is 5.09. The number of furan rings is 1. The van der Waals surface area contributed by atoms with E-state index in [9.17, 15) is 4.79 Å². The SMILES string of the molecule is NC1CCC(NC(=O)c2ccc(COc3ccc4ccccc4c3)o2)CC1. The summed E-state index contributed by atoms with van der Waals surface area (Å²) in [4.78, 5) is 12.4. The van der Waals surface area contributed by atoms with Crippen LogP contribution in [-0.4, -0.2) is 18.0 Å². The van der Waals surface area contributed by atoms with Crippen LogP contribution >= 0.6 is 0 Å². The van der Waals surface area contributed by atoms with Gasteiger partial charge >= 0.3 is 0 Å². The predicted molar refractivity (Wildman–Crippen MR) is 105 cm³/mol. The Morgan fingerprint density at radius 2 is 1.81 bits per heavy atom. The van der Waals surface area contributed by atoms with Crippen LogP contribution in [0.4, 0.5) is 0 Å². The Labute approximate surface area is 158 Å². The second-order valence-corrected chi connectivity index (χ2v) is 7.15. The number of hydrogen-bond donors (Lipinski definition) is 2. The van der Waals surface area contributed by atoms with Gasteiger partial charge in [0.2, 0.25) is 0 Å². The quantitative estimate of drug-likeness (QED) is 0.717. The summed E-state index contributed by atoms with van der Waals surface area (Å²) in [5.41, 5.74) is 5.91. The largest absolute Gasteiger partial charge is 0.486 e. The molecule has 0 atom stereocenters. The zero-order chi connectivity index (χ0) is 18.6. The number of nitrogens with two attached hydrogens (primary N) is 1. The Kier molecular flexibility index (Phi) is 5.12. The summed E-state index contributed by atoms with van der Waals surface area (Å²) in [7, 11) is 0. The summed E-state index contributed by atoms with van der Waals surface area (Å²) in [5, 5.41) is 5.33. The maximum absolute atomic E-state index is 12.4. The molecular formula is C22H24N2O3. The zero-order valence-electron chi connectivity index (χ0n) is 15.2. The second kappa shape index (κ2) is 7.84. The van der Waals surface area contributed by atoms with Gasteiger partial charge in [-0.2, -0.15) is 0 Å². The molecule has 1 fully saturated rings. The highest BCUT2D eigenvalue weighted by Crippen LogP contribution is 2.22. The van der Waals surface area contributed by atoms with E-state index in [1.807, 2.05) is 30.3 Å². The van der Waals surface area contributed by atoms with E-state index in [-0.39, 0.29) is 24.6 Å². The molecule has 0 bridgehead atoms. The van der Waals surface area contributed by atoms with Crippen molar-refractivity contribution in [3.05, 3.63) is 66.1 Å². The van der Waals surface area contributed by atoms with Crippen molar-refractivity contribution in [3.63, 3.8) is 0 Å². The van der Waals surface area contributed by atoms with Gasteiger partial charge in [-0.05, 0) is 60.7 Å². The molecule has 1 aliphatic rings. The molecular weight excluding hydrogens is 340 g/mol. The highest BCUT2D eigenvalue weighted by Gasteiger charge is 2.21. The van der Waals surface area contributed by atoms with E-state index in [0.29, 0.717) is 11.5 Å². The lowest BCUT2D eigenvalue weighted by molar-refractivity contribution is 0.0893. The highest BCUT2D eigenvalue weighted by molar-refractivity contribution is 5.91. The maximum Gasteiger partial charge on any atom is 0.287 e. The molecule has 1 amide bonds. The molecule has 2 aromatic carbocycles. The van der Waals surface area contributed by atoms with Crippen LogP contribution in [0.2, 0.25) is 0 Å². The van der Waals surface area contributed by atoms with Crippen molar-refractivity contribution >= 4 is 16.7 Å². The number of hydrogen-bond acceptors (Lipinski definition) is 4. The van der Waals surface area contributed by atoms with E-state index in [4.69, 9.17) is 14.9 Å². The van der Waals surface area contributed by atoms with Crippen molar-refractivity contribution < 1.29 is 13.9 Å². The average molecular weight is 364 g/mol. The van der Waals surface area contributed by atoms with Crippen molar-refractivity contribution in [3.8, 4) is 5.75 Å². The topological polar surface area (TPSA) is 77.5 Å². The fourth-order valence-electron chi connectivity index (χ4n) is 3.51. The summed E-state index contributed by atoms with van der Waals surface area (Å²) < 4.78 is 11.5. The first-order valence-electron chi connectivity index (χ1n) is 9.44. The molecule has 5 nitrogen and oxygen atoms in total. The Balaban J connectivity index is 1.34. The van der Waals surface area contributed by atoms with Crippen LogP contribution in [0.25, 0.3) is 10.8 Å². The number of nitrogens with one attached hydrogen (secondary N) is 1. The standard InChI is InChI=1S/C22H24N2O3/c23-17-6-8-18(9-7-17)24-22(25)21-12-11-20(27-21)14-26-19-10-5-15-3-1-2-4-16(15)13-19/h1-5,10-13,17-18H,6-9,14,23H2,(H,24,25). The van der Waals surface area contributed by atoms with E-state index in [2.05, 4.69) is 17.4 Å². The molecule has 1 saturated carbocycles. The number of rotatable bonds is 5. The summed E-state index contributed by atoms with van der Waals surface area (Å²) in [5.74, 6) is 1.54. The van der Waals surface area contributed by atoms with Crippen molar-refractivity contribution in [2.45, 2.75) is 44.4 Å². The van der Waals surface area contributed by atoms with Crippen LogP contribution in [0.3, 0.4) is 0 Å². The summed E-state index contributed by atoms with van der Waals surface area (Å²) >= 11 is 0. The molecule has 0 spiro atoms. The van der Waals surface area contributed by atoms with Crippen LogP contribution < -0.4 is 15.8 Å².